The van der Waals surface area contributed by atoms with Crippen LogP contribution < -0.4 is 16.4 Å². The molecule has 0 spiro atoms. The largest absolute Gasteiger partial charge is 0.389 e. The van der Waals surface area contributed by atoms with E-state index in [0.29, 0.717) is 16.7 Å². The molecular weight excluding hydrogens is 418 g/mol. The van der Waals surface area contributed by atoms with Crippen LogP contribution in [0, 0.1) is 11.7 Å². The maximum atomic E-state index is 14.3. The number of alkyl halides is 3. The number of hydrogen-bond donors (Lipinski definition) is 3. The monoisotopic (exact) mass is 437 g/mol. The fraction of sp³-hybridized carbons (Fsp3) is 0.286. The lowest BCUT2D eigenvalue weighted by Crippen LogP contribution is -2.41. The van der Waals surface area contributed by atoms with Gasteiger partial charge >= 0.3 is 6.18 Å². The van der Waals surface area contributed by atoms with Crippen LogP contribution in [0.5, 0.6) is 0 Å². The van der Waals surface area contributed by atoms with Crippen molar-refractivity contribution in [2.45, 2.75) is 31.5 Å². The molecule has 4 N–H and O–H groups in total. The molecule has 2 atom stereocenters. The molecule has 2 aromatic carbocycles. The molecule has 3 amide bonds. The standard InChI is InChI=1S/C21H19F4N3O3/c22-15-7-3-6-13-12-4-1-2-5-14(12)18(20(31)27-17(13)15)28-19(30)11(10-16(26)29)8-9-21(23,24)25/h1-7,11,18H,8-10H2,(H2,26,29)(H,27,31)(H,28,30). The summed E-state index contributed by atoms with van der Waals surface area (Å²) in [5, 5.41) is 4.84. The van der Waals surface area contributed by atoms with Gasteiger partial charge in [0.1, 0.15) is 11.9 Å². The van der Waals surface area contributed by atoms with Crippen molar-refractivity contribution in [3.8, 4) is 11.1 Å². The van der Waals surface area contributed by atoms with Crippen molar-refractivity contribution in [1.82, 2.24) is 5.32 Å². The first-order chi connectivity index (χ1) is 14.6. The van der Waals surface area contributed by atoms with E-state index >= 15 is 0 Å². The number of rotatable bonds is 6. The van der Waals surface area contributed by atoms with Crippen LogP contribution >= 0.6 is 0 Å². The topological polar surface area (TPSA) is 101 Å². The summed E-state index contributed by atoms with van der Waals surface area (Å²) in [7, 11) is 0. The highest BCUT2D eigenvalue weighted by Gasteiger charge is 2.35. The molecule has 2 unspecified atom stereocenters. The molecule has 0 fully saturated rings. The van der Waals surface area contributed by atoms with E-state index < -0.39 is 60.9 Å². The van der Waals surface area contributed by atoms with Gasteiger partial charge in [-0.15, -0.1) is 0 Å². The van der Waals surface area contributed by atoms with Crippen molar-refractivity contribution in [3.05, 3.63) is 53.8 Å². The first-order valence-corrected chi connectivity index (χ1v) is 9.41. The number of nitrogens with two attached hydrogens (primary N) is 1. The Hall–Kier alpha value is -3.43. The molecule has 1 heterocycles. The van der Waals surface area contributed by atoms with Crippen LogP contribution in [0.15, 0.2) is 42.5 Å². The lowest BCUT2D eigenvalue weighted by molar-refractivity contribution is -0.143. The van der Waals surface area contributed by atoms with Crippen molar-refractivity contribution in [1.29, 1.82) is 0 Å². The molecule has 0 aliphatic carbocycles. The zero-order valence-electron chi connectivity index (χ0n) is 16.1. The number of para-hydroxylation sites is 1. The summed E-state index contributed by atoms with van der Waals surface area (Å²) in [4.78, 5) is 36.8. The number of nitrogens with one attached hydrogen (secondary N) is 2. The van der Waals surface area contributed by atoms with Crippen molar-refractivity contribution in [2.75, 3.05) is 5.32 Å². The zero-order chi connectivity index (χ0) is 22.8. The normalized spacial score (nSPS) is 16.4. The van der Waals surface area contributed by atoms with Crippen molar-refractivity contribution in [3.63, 3.8) is 0 Å². The summed E-state index contributed by atoms with van der Waals surface area (Å²) in [5.41, 5.74) is 6.23. The quantitative estimate of drug-likeness (QED) is 0.604. The number of fused-ring (bicyclic) bond motifs is 3. The third-order valence-corrected chi connectivity index (χ3v) is 4.97. The van der Waals surface area contributed by atoms with Crippen molar-refractivity contribution >= 4 is 23.4 Å². The highest BCUT2D eigenvalue weighted by molar-refractivity contribution is 6.05. The van der Waals surface area contributed by atoms with Crippen LogP contribution in [0.4, 0.5) is 23.2 Å². The Morgan fingerprint density at radius 1 is 1.10 bits per heavy atom. The number of amides is 3. The third kappa shape index (κ3) is 5.19. The summed E-state index contributed by atoms with van der Waals surface area (Å²) >= 11 is 0. The Labute approximate surface area is 174 Å². The summed E-state index contributed by atoms with van der Waals surface area (Å²) in [5.74, 6) is -4.68. The van der Waals surface area contributed by atoms with Gasteiger partial charge in [-0.2, -0.15) is 13.2 Å². The van der Waals surface area contributed by atoms with E-state index in [1.54, 1.807) is 30.3 Å². The number of halogens is 4. The zero-order valence-corrected chi connectivity index (χ0v) is 16.1. The van der Waals surface area contributed by atoms with E-state index in [-0.39, 0.29) is 5.69 Å². The predicted molar refractivity (Wildman–Crippen MR) is 104 cm³/mol. The van der Waals surface area contributed by atoms with Gasteiger partial charge in [-0.25, -0.2) is 4.39 Å². The van der Waals surface area contributed by atoms with Crippen LogP contribution in [0.25, 0.3) is 11.1 Å². The molecule has 6 nitrogen and oxygen atoms in total. The predicted octanol–water partition coefficient (Wildman–Crippen LogP) is 3.44. The van der Waals surface area contributed by atoms with Crippen LogP contribution in [0.2, 0.25) is 0 Å². The van der Waals surface area contributed by atoms with E-state index in [4.69, 9.17) is 5.73 Å². The minimum Gasteiger partial charge on any atom is -0.370 e. The molecule has 3 rings (SSSR count). The van der Waals surface area contributed by atoms with Gasteiger partial charge in [0.25, 0.3) is 5.91 Å². The molecule has 2 aromatic rings. The minimum atomic E-state index is -4.53. The van der Waals surface area contributed by atoms with E-state index in [0.717, 1.165) is 0 Å². The SMILES string of the molecule is NC(=O)CC(CCC(F)(F)F)C(=O)NC1C(=O)Nc2c(F)cccc2-c2ccccc21. The summed E-state index contributed by atoms with van der Waals surface area (Å²) in [6.07, 6.45) is -7.08. The number of benzene rings is 2. The van der Waals surface area contributed by atoms with Gasteiger partial charge in [-0.1, -0.05) is 36.4 Å². The average molecular weight is 437 g/mol. The van der Waals surface area contributed by atoms with Crippen LogP contribution in [0.3, 0.4) is 0 Å². The fourth-order valence-electron chi connectivity index (χ4n) is 3.52. The smallest absolute Gasteiger partial charge is 0.370 e. The number of primary amides is 1. The molecule has 0 bridgehead atoms. The second-order valence-corrected chi connectivity index (χ2v) is 7.20. The highest BCUT2D eigenvalue weighted by Crippen LogP contribution is 2.38. The lowest BCUT2D eigenvalue weighted by atomic mass is 9.93. The number of hydrogen-bond acceptors (Lipinski definition) is 3. The van der Waals surface area contributed by atoms with E-state index in [9.17, 15) is 31.9 Å². The van der Waals surface area contributed by atoms with E-state index in [2.05, 4.69) is 10.6 Å². The van der Waals surface area contributed by atoms with Crippen molar-refractivity contribution < 1.29 is 31.9 Å². The maximum absolute atomic E-state index is 14.3. The van der Waals surface area contributed by atoms with Gasteiger partial charge in [0.15, 0.2) is 0 Å². The van der Waals surface area contributed by atoms with E-state index in [1.807, 2.05) is 0 Å². The minimum absolute atomic E-state index is 0.0672. The van der Waals surface area contributed by atoms with Crippen LogP contribution in [-0.4, -0.2) is 23.9 Å². The molecule has 31 heavy (non-hydrogen) atoms. The third-order valence-electron chi connectivity index (χ3n) is 4.97. The molecule has 0 saturated carbocycles. The molecule has 164 valence electrons. The Morgan fingerprint density at radius 2 is 1.77 bits per heavy atom. The van der Waals surface area contributed by atoms with Gasteiger partial charge < -0.3 is 16.4 Å². The van der Waals surface area contributed by atoms with E-state index in [1.165, 1.54) is 12.1 Å². The van der Waals surface area contributed by atoms with Gasteiger partial charge in [0, 0.05) is 24.3 Å². The molecule has 1 aliphatic heterocycles. The van der Waals surface area contributed by atoms with Crippen molar-refractivity contribution in [2.24, 2.45) is 11.7 Å². The fourth-order valence-corrected chi connectivity index (χ4v) is 3.52. The Bertz CT molecular complexity index is 1020. The molecule has 0 aromatic heterocycles. The molecule has 10 heteroatoms. The van der Waals surface area contributed by atoms with Gasteiger partial charge in [0.05, 0.1) is 5.69 Å². The lowest BCUT2D eigenvalue weighted by Gasteiger charge is -2.22. The van der Waals surface area contributed by atoms with Gasteiger partial charge in [0.2, 0.25) is 11.8 Å². The van der Waals surface area contributed by atoms with Gasteiger partial charge in [-0.05, 0) is 23.6 Å². The highest BCUT2D eigenvalue weighted by atomic mass is 19.4. The first kappa shape index (κ1) is 22.3. The maximum Gasteiger partial charge on any atom is 0.389 e. The first-order valence-electron chi connectivity index (χ1n) is 9.41. The molecule has 0 radical (unpaired) electrons. The Kier molecular flexibility index (Phi) is 6.28. The summed E-state index contributed by atoms with van der Waals surface area (Å²) in [6, 6.07) is 9.40. The number of carbonyl (C=O) groups excluding carboxylic acids is 3. The summed E-state index contributed by atoms with van der Waals surface area (Å²) in [6.45, 7) is 0. The van der Waals surface area contributed by atoms with Crippen LogP contribution in [0.1, 0.15) is 30.9 Å². The second-order valence-electron chi connectivity index (χ2n) is 7.20. The summed E-state index contributed by atoms with van der Waals surface area (Å²) < 4.78 is 52.2. The number of carbonyl (C=O) groups is 3. The van der Waals surface area contributed by atoms with Gasteiger partial charge in [-0.3, -0.25) is 14.4 Å². The second kappa shape index (κ2) is 8.75. The molecular formula is C21H19F4N3O3. The molecule has 1 aliphatic rings. The Balaban J connectivity index is 1.93. The van der Waals surface area contributed by atoms with Crippen LogP contribution in [-0.2, 0) is 14.4 Å². The molecule has 0 saturated heterocycles. The number of anilines is 1. The Morgan fingerprint density at radius 3 is 2.45 bits per heavy atom. The average Bonchev–Trinajstić information content (AvgIpc) is 2.80.